The first kappa shape index (κ1) is 25.8. The van der Waals surface area contributed by atoms with Gasteiger partial charge in [-0.05, 0) is 69.0 Å². The summed E-state index contributed by atoms with van der Waals surface area (Å²) in [6.45, 7) is 9.97. The summed E-state index contributed by atoms with van der Waals surface area (Å²) in [4.78, 5) is 17.7. The largest absolute Gasteiger partial charge is 0.492 e. The lowest BCUT2D eigenvalue weighted by atomic mass is 9.97. The van der Waals surface area contributed by atoms with Crippen LogP contribution in [0.4, 0.5) is 5.69 Å². The van der Waals surface area contributed by atoms with Gasteiger partial charge in [0, 0.05) is 45.0 Å². The number of amides is 1. The molecule has 1 amide bonds. The Bertz CT molecular complexity index is 1180. The first-order valence-electron chi connectivity index (χ1n) is 12.2. The number of carbonyl (C=O) groups excluding carboxylic acids is 1. The van der Waals surface area contributed by atoms with Gasteiger partial charge in [0.05, 0.1) is 22.4 Å². The van der Waals surface area contributed by atoms with E-state index in [9.17, 15) is 13.2 Å². The highest BCUT2D eigenvalue weighted by molar-refractivity contribution is 7.89. The average molecular weight is 520 g/mol. The molecule has 0 saturated carbocycles. The summed E-state index contributed by atoms with van der Waals surface area (Å²) in [5, 5.41) is 0.263. The van der Waals surface area contributed by atoms with Crippen molar-refractivity contribution in [2.75, 3.05) is 50.8 Å². The van der Waals surface area contributed by atoms with Gasteiger partial charge in [0.1, 0.15) is 5.75 Å². The molecular weight excluding hydrogens is 486 g/mol. The number of sulfonamides is 1. The molecule has 2 saturated heterocycles. The number of ether oxygens (including phenoxy) is 1. The lowest BCUT2D eigenvalue weighted by molar-refractivity contribution is -0.137. The second-order valence-corrected chi connectivity index (χ2v) is 11.6. The van der Waals surface area contributed by atoms with Gasteiger partial charge in [0.15, 0.2) is 0 Å². The first-order valence-corrected chi connectivity index (χ1v) is 14.1. The monoisotopic (exact) mass is 519 g/mol. The highest BCUT2D eigenvalue weighted by atomic mass is 35.5. The number of hydrogen-bond donors (Lipinski definition) is 0. The van der Waals surface area contributed by atoms with Crippen molar-refractivity contribution in [3.05, 3.63) is 52.5 Å². The van der Waals surface area contributed by atoms with E-state index < -0.39 is 10.0 Å². The van der Waals surface area contributed by atoms with E-state index in [4.69, 9.17) is 16.3 Å². The van der Waals surface area contributed by atoms with Crippen molar-refractivity contribution in [2.24, 2.45) is 5.92 Å². The SMILES string of the molecule is CCOc1ccc(S(=O)(=O)N2CCC[C@H](C(=O)N3CCN(c4cccc(C)c4C)CC3)C2)cc1Cl. The summed E-state index contributed by atoms with van der Waals surface area (Å²) in [6.07, 6.45) is 1.36. The Morgan fingerprint density at radius 3 is 2.51 bits per heavy atom. The van der Waals surface area contributed by atoms with Gasteiger partial charge < -0.3 is 14.5 Å². The Hall–Kier alpha value is -2.29. The predicted octanol–water partition coefficient (Wildman–Crippen LogP) is 4.11. The fourth-order valence-corrected chi connectivity index (χ4v) is 6.78. The molecule has 0 N–H and O–H groups in total. The summed E-state index contributed by atoms with van der Waals surface area (Å²) < 4.78 is 33.5. The van der Waals surface area contributed by atoms with Gasteiger partial charge in [0.2, 0.25) is 15.9 Å². The molecule has 2 fully saturated rings. The van der Waals surface area contributed by atoms with E-state index in [-0.39, 0.29) is 28.3 Å². The zero-order valence-corrected chi connectivity index (χ0v) is 22.2. The van der Waals surface area contributed by atoms with Crippen LogP contribution in [0, 0.1) is 19.8 Å². The molecule has 0 spiro atoms. The minimum absolute atomic E-state index is 0.0511. The Labute approximate surface area is 213 Å². The number of nitrogens with zero attached hydrogens (tertiary/aromatic N) is 3. The zero-order chi connectivity index (χ0) is 25.2. The maximum atomic E-state index is 13.3. The Balaban J connectivity index is 1.40. The van der Waals surface area contributed by atoms with Crippen molar-refractivity contribution in [3.63, 3.8) is 0 Å². The molecule has 2 aromatic rings. The van der Waals surface area contributed by atoms with E-state index in [1.165, 1.54) is 33.3 Å². The fourth-order valence-electron chi connectivity index (χ4n) is 4.93. The normalized spacial score (nSPS) is 19.6. The van der Waals surface area contributed by atoms with E-state index in [1.54, 1.807) is 6.07 Å². The molecule has 0 aliphatic carbocycles. The molecule has 1 atom stereocenters. The van der Waals surface area contributed by atoms with Crippen molar-refractivity contribution in [1.29, 1.82) is 0 Å². The lowest BCUT2D eigenvalue weighted by Gasteiger charge is -2.40. The summed E-state index contributed by atoms with van der Waals surface area (Å²) in [6, 6.07) is 10.9. The van der Waals surface area contributed by atoms with Gasteiger partial charge in [-0.2, -0.15) is 4.31 Å². The van der Waals surface area contributed by atoms with Crippen LogP contribution in [0.15, 0.2) is 41.3 Å². The second-order valence-electron chi connectivity index (χ2n) is 9.26. The molecule has 35 heavy (non-hydrogen) atoms. The highest BCUT2D eigenvalue weighted by Gasteiger charge is 2.36. The van der Waals surface area contributed by atoms with Crippen LogP contribution in [0.2, 0.25) is 5.02 Å². The maximum absolute atomic E-state index is 13.3. The third-order valence-corrected chi connectivity index (χ3v) is 9.24. The summed E-state index contributed by atoms with van der Waals surface area (Å²) in [5.74, 6) is 0.180. The number of carbonyl (C=O) groups is 1. The van der Waals surface area contributed by atoms with Gasteiger partial charge >= 0.3 is 0 Å². The summed E-state index contributed by atoms with van der Waals surface area (Å²) in [7, 11) is -3.75. The van der Waals surface area contributed by atoms with Crippen LogP contribution in [0.1, 0.15) is 30.9 Å². The predicted molar refractivity (Wildman–Crippen MR) is 139 cm³/mol. The van der Waals surface area contributed by atoms with Crippen molar-refractivity contribution in [3.8, 4) is 5.75 Å². The van der Waals surface area contributed by atoms with E-state index in [0.717, 1.165) is 13.1 Å². The van der Waals surface area contributed by atoms with Gasteiger partial charge in [-0.3, -0.25) is 4.79 Å². The Morgan fingerprint density at radius 2 is 1.83 bits per heavy atom. The minimum Gasteiger partial charge on any atom is -0.492 e. The number of benzene rings is 2. The van der Waals surface area contributed by atoms with Crippen LogP contribution in [-0.4, -0.2) is 69.4 Å². The molecular formula is C26H34ClN3O4S. The van der Waals surface area contributed by atoms with Crippen molar-refractivity contribution < 1.29 is 17.9 Å². The van der Waals surface area contributed by atoms with Crippen molar-refractivity contribution in [2.45, 2.75) is 38.5 Å². The number of piperazine rings is 1. The van der Waals surface area contributed by atoms with Gasteiger partial charge in [-0.15, -0.1) is 0 Å². The molecule has 4 rings (SSSR count). The van der Waals surface area contributed by atoms with Crippen LogP contribution >= 0.6 is 11.6 Å². The number of aryl methyl sites for hydroxylation is 1. The zero-order valence-electron chi connectivity index (χ0n) is 20.7. The first-order chi connectivity index (χ1) is 16.7. The van der Waals surface area contributed by atoms with Gasteiger partial charge in [-0.25, -0.2) is 8.42 Å². The Morgan fingerprint density at radius 1 is 1.09 bits per heavy atom. The molecule has 2 aliphatic rings. The van der Waals surface area contributed by atoms with Crippen LogP contribution in [0.5, 0.6) is 5.75 Å². The van der Waals surface area contributed by atoms with Crippen LogP contribution < -0.4 is 9.64 Å². The van der Waals surface area contributed by atoms with Gasteiger partial charge in [-0.1, -0.05) is 23.7 Å². The third-order valence-electron chi connectivity index (χ3n) is 7.08. The van der Waals surface area contributed by atoms with E-state index in [1.807, 2.05) is 11.8 Å². The summed E-state index contributed by atoms with van der Waals surface area (Å²) >= 11 is 6.24. The number of anilines is 1. The molecule has 2 aromatic carbocycles. The van der Waals surface area contributed by atoms with Crippen LogP contribution in [-0.2, 0) is 14.8 Å². The lowest BCUT2D eigenvalue weighted by Crippen LogP contribution is -2.53. The van der Waals surface area contributed by atoms with Crippen LogP contribution in [0.25, 0.3) is 0 Å². The third kappa shape index (κ3) is 5.44. The number of hydrogen-bond acceptors (Lipinski definition) is 5. The molecule has 2 heterocycles. The minimum atomic E-state index is -3.75. The smallest absolute Gasteiger partial charge is 0.243 e. The molecule has 190 valence electrons. The standard InChI is InChI=1S/C26H34ClN3O4S/c1-4-34-25-11-10-22(17-23(25)27)35(32,33)30-12-6-8-21(18-30)26(31)29-15-13-28(14-16-29)24-9-5-7-19(2)20(24)3/h5,7,9-11,17,21H,4,6,8,12-16,18H2,1-3H3/t21-/m0/s1. The average Bonchev–Trinajstić information content (AvgIpc) is 2.87. The molecule has 7 nitrogen and oxygen atoms in total. The van der Waals surface area contributed by atoms with Crippen LogP contribution in [0.3, 0.4) is 0 Å². The topological polar surface area (TPSA) is 70.2 Å². The number of rotatable bonds is 6. The number of piperidine rings is 1. The molecule has 0 bridgehead atoms. The molecule has 0 radical (unpaired) electrons. The van der Waals surface area contributed by atoms with Crippen molar-refractivity contribution in [1.82, 2.24) is 9.21 Å². The quantitative estimate of drug-likeness (QED) is 0.574. The maximum Gasteiger partial charge on any atom is 0.243 e. The van der Waals surface area contributed by atoms with Crippen molar-refractivity contribution >= 4 is 33.2 Å². The summed E-state index contributed by atoms with van der Waals surface area (Å²) in [5.41, 5.74) is 3.76. The highest BCUT2D eigenvalue weighted by Crippen LogP contribution is 2.31. The number of halogens is 1. The van der Waals surface area contributed by atoms with Gasteiger partial charge in [0.25, 0.3) is 0 Å². The van der Waals surface area contributed by atoms with E-state index in [2.05, 4.69) is 36.9 Å². The van der Waals surface area contributed by atoms with E-state index in [0.29, 0.717) is 44.8 Å². The molecule has 0 aromatic heterocycles. The molecule has 9 heteroatoms. The van der Waals surface area contributed by atoms with E-state index >= 15 is 0 Å². The fraction of sp³-hybridized carbons (Fsp3) is 0.500. The Kier molecular flexibility index (Phi) is 7.93. The molecule has 0 unspecified atom stereocenters. The molecule has 2 aliphatic heterocycles. The second kappa shape index (κ2) is 10.8.